The first-order valence-electron chi connectivity index (χ1n) is 7.14. The molecule has 2 aromatic rings. The maximum absolute atomic E-state index is 11.8. The molecule has 0 spiro atoms. The maximum Gasteiger partial charge on any atom is 0.251 e. The third-order valence-corrected chi connectivity index (χ3v) is 4.01. The van der Waals surface area contributed by atoms with Crippen molar-refractivity contribution >= 4 is 16.7 Å². The fraction of sp³-hybridized carbons (Fsp3) is 0.467. The maximum atomic E-state index is 11.8. The Labute approximate surface area is 117 Å². The molecule has 20 heavy (non-hydrogen) atoms. The highest BCUT2D eigenvalue weighted by atomic mass is 16.1. The number of hydrogen-bond acceptors (Lipinski definition) is 4. The molecule has 106 valence electrons. The zero-order valence-corrected chi connectivity index (χ0v) is 11.6. The van der Waals surface area contributed by atoms with E-state index in [2.05, 4.69) is 15.3 Å². The summed E-state index contributed by atoms with van der Waals surface area (Å²) in [6, 6.07) is 4.41. The Morgan fingerprint density at radius 1 is 1.45 bits per heavy atom. The monoisotopic (exact) mass is 272 g/mol. The summed E-state index contributed by atoms with van der Waals surface area (Å²) in [4.78, 5) is 19.1. The Bertz CT molecular complexity index is 679. The Hall–Kier alpha value is -1.88. The van der Waals surface area contributed by atoms with Crippen LogP contribution in [0.1, 0.15) is 31.2 Å². The molecule has 3 rings (SSSR count). The Balaban J connectivity index is 1.95. The molecular formula is C15H20N4O. The summed E-state index contributed by atoms with van der Waals surface area (Å²) in [7, 11) is 0. The van der Waals surface area contributed by atoms with Crippen molar-refractivity contribution in [3.05, 3.63) is 34.2 Å². The largest absolute Gasteiger partial charge is 0.366 e. The highest BCUT2D eigenvalue weighted by Crippen LogP contribution is 2.23. The molecule has 1 saturated carbocycles. The van der Waals surface area contributed by atoms with Gasteiger partial charge in [0.25, 0.3) is 5.56 Å². The Kier molecular flexibility index (Phi) is 3.44. The van der Waals surface area contributed by atoms with Crippen LogP contribution in [0, 0.1) is 6.92 Å². The topological polar surface area (TPSA) is 83.8 Å². The normalized spacial score (nSPS) is 22.9. The van der Waals surface area contributed by atoms with Crippen LogP contribution in [0.5, 0.6) is 0 Å². The lowest BCUT2D eigenvalue weighted by Crippen LogP contribution is -2.35. The standard InChI is InChI=1S/C15H20N4O/c1-9-7-10-5-6-17-14(13(10)19-15(9)20)18-12-4-2-3-11(16)8-12/h5-7,11-12H,2-4,8,16H2,1H3,(H,17,18)(H,19,20)/t11-,12-/m0/s1. The minimum atomic E-state index is -0.0612. The molecule has 0 unspecified atom stereocenters. The lowest BCUT2D eigenvalue weighted by Gasteiger charge is -2.28. The summed E-state index contributed by atoms with van der Waals surface area (Å²) in [5.74, 6) is 0.749. The van der Waals surface area contributed by atoms with Gasteiger partial charge in [0.1, 0.15) is 0 Å². The third kappa shape index (κ3) is 2.54. The number of rotatable bonds is 2. The van der Waals surface area contributed by atoms with Gasteiger partial charge in [-0.05, 0) is 44.7 Å². The summed E-state index contributed by atoms with van der Waals surface area (Å²) in [6.45, 7) is 1.81. The molecule has 1 fully saturated rings. The van der Waals surface area contributed by atoms with Crippen LogP contribution in [-0.2, 0) is 0 Å². The van der Waals surface area contributed by atoms with Crippen LogP contribution in [0.25, 0.3) is 10.9 Å². The minimum absolute atomic E-state index is 0.0612. The summed E-state index contributed by atoms with van der Waals surface area (Å²) < 4.78 is 0. The van der Waals surface area contributed by atoms with Gasteiger partial charge in [0.15, 0.2) is 5.82 Å². The fourth-order valence-electron chi connectivity index (χ4n) is 2.90. The molecule has 0 saturated heterocycles. The van der Waals surface area contributed by atoms with Gasteiger partial charge in [-0.25, -0.2) is 4.98 Å². The highest BCUT2D eigenvalue weighted by molar-refractivity contribution is 5.88. The molecule has 1 aliphatic carbocycles. The van der Waals surface area contributed by atoms with Crippen molar-refractivity contribution in [2.75, 3.05) is 5.32 Å². The summed E-state index contributed by atoms with van der Waals surface area (Å²) in [5, 5.41) is 4.44. The van der Waals surface area contributed by atoms with Gasteiger partial charge in [-0.15, -0.1) is 0 Å². The molecule has 0 bridgehead atoms. The Morgan fingerprint density at radius 3 is 3.10 bits per heavy atom. The van der Waals surface area contributed by atoms with Gasteiger partial charge in [-0.2, -0.15) is 0 Å². The Morgan fingerprint density at radius 2 is 2.30 bits per heavy atom. The van der Waals surface area contributed by atoms with Gasteiger partial charge >= 0.3 is 0 Å². The first-order valence-corrected chi connectivity index (χ1v) is 7.14. The SMILES string of the molecule is Cc1cc2ccnc(N[C@H]3CCC[C@H](N)C3)c2[nH]c1=O. The molecule has 2 atom stereocenters. The highest BCUT2D eigenvalue weighted by Gasteiger charge is 2.20. The van der Waals surface area contributed by atoms with Crippen molar-refractivity contribution in [3.8, 4) is 0 Å². The predicted octanol–water partition coefficient (Wildman–Crippen LogP) is 1.91. The smallest absolute Gasteiger partial charge is 0.251 e. The number of fused-ring (bicyclic) bond motifs is 1. The van der Waals surface area contributed by atoms with E-state index in [1.807, 2.05) is 19.1 Å². The molecular weight excluding hydrogens is 252 g/mol. The number of nitrogens with one attached hydrogen (secondary N) is 2. The van der Waals surface area contributed by atoms with E-state index in [9.17, 15) is 4.79 Å². The van der Waals surface area contributed by atoms with Crippen LogP contribution in [0.3, 0.4) is 0 Å². The zero-order chi connectivity index (χ0) is 14.1. The van der Waals surface area contributed by atoms with Crippen LogP contribution in [-0.4, -0.2) is 22.1 Å². The zero-order valence-electron chi connectivity index (χ0n) is 11.6. The van der Waals surface area contributed by atoms with Crippen molar-refractivity contribution in [3.63, 3.8) is 0 Å². The first-order chi connectivity index (χ1) is 9.63. The van der Waals surface area contributed by atoms with Crippen LogP contribution in [0.15, 0.2) is 23.1 Å². The third-order valence-electron chi connectivity index (χ3n) is 4.01. The van der Waals surface area contributed by atoms with E-state index in [4.69, 9.17) is 5.73 Å². The van der Waals surface area contributed by atoms with Crippen LogP contribution < -0.4 is 16.6 Å². The van der Waals surface area contributed by atoms with Crippen molar-refractivity contribution in [1.29, 1.82) is 0 Å². The molecule has 5 heteroatoms. The van der Waals surface area contributed by atoms with Gasteiger partial charge in [-0.3, -0.25) is 4.79 Å². The molecule has 4 N–H and O–H groups in total. The molecule has 0 aliphatic heterocycles. The number of nitrogens with two attached hydrogens (primary N) is 1. The fourth-order valence-corrected chi connectivity index (χ4v) is 2.90. The number of aromatic nitrogens is 2. The second kappa shape index (κ2) is 5.25. The van der Waals surface area contributed by atoms with Crippen molar-refractivity contribution in [2.24, 2.45) is 5.73 Å². The lowest BCUT2D eigenvalue weighted by molar-refractivity contribution is 0.409. The number of nitrogens with zero attached hydrogens (tertiary/aromatic N) is 1. The summed E-state index contributed by atoms with van der Waals surface area (Å²) in [5.41, 5.74) is 7.45. The average molecular weight is 272 g/mol. The number of pyridine rings is 2. The molecule has 0 radical (unpaired) electrons. The van der Waals surface area contributed by atoms with E-state index in [-0.39, 0.29) is 11.6 Å². The quantitative estimate of drug-likeness (QED) is 0.779. The second-order valence-electron chi connectivity index (χ2n) is 5.67. The van der Waals surface area contributed by atoms with E-state index in [1.54, 1.807) is 6.20 Å². The minimum Gasteiger partial charge on any atom is -0.366 e. The van der Waals surface area contributed by atoms with E-state index >= 15 is 0 Å². The van der Waals surface area contributed by atoms with Gasteiger partial charge < -0.3 is 16.0 Å². The average Bonchev–Trinajstić information content (AvgIpc) is 2.41. The van der Waals surface area contributed by atoms with Crippen LogP contribution >= 0.6 is 0 Å². The molecule has 2 aromatic heterocycles. The van der Waals surface area contributed by atoms with E-state index < -0.39 is 0 Å². The van der Waals surface area contributed by atoms with Gasteiger partial charge in [0.05, 0.1) is 5.52 Å². The van der Waals surface area contributed by atoms with Crippen molar-refractivity contribution < 1.29 is 0 Å². The van der Waals surface area contributed by atoms with Crippen LogP contribution in [0.4, 0.5) is 5.82 Å². The molecule has 0 aromatic carbocycles. The number of hydrogen-bond donors (Lipinski definition) is 3. The van der Waals surface area contributed by atoms with E-state index in [0.717, 1.165) is 42.4 Å². The number of H-pyrrole nitrogens is 1. The van der Waals surface area contributed by atoms with E-state index in [0.29, 0.717) is 11.6 Å². The number of anilines is 1. The molecule has 0 amide bonds. The molecule has 5 nitrogen and oxygen atoms in total. The lowest BCUT2D eigenvalue weighted by atomic mass is 9.91. The van der Waals surface area contributed by atoms with Gasteiger partial charge in [0, 0.05) is 29.2 Å². The van der Waals surface area contributed by atoms with Crippen LogP contribution in [0.2, 0.25) is 0 Å². The summed E-state index contributed by atoms with van der Waals surface area (Å²) >= 11 is 0. The van der Waals surface area contributed by atoms with Crippen molar-refractivity contribution in [1.82, 2.24) is 9.97 Å². The van der Waals surface area contributed by atoms with Crippen molar-refractivity contribution in [2.45, 2.75) is 44.7 Å². The second-order valence-corrected chi connectivity index (χ2v) is 5.67. The number of aryl methyl sites for hydroxylation is 1. The van der Waals surface area contributed by atoms with E-state index in [1.165, 1.54) is 0 Å². The molecule has 2 heterocycles. The van der Waals surface area contributed by atoms with Gasteiger partial charge in [0.2, 0.25) is 0 Å². The first kappa shape index (κ1) is 13.1. The summed E-state index contributed by atoms with van der Waals surface area (Å²) in [6.07, 6.45) is 6.05. The predicted molar refractivity (Wildman–Crippen MR) is 81.0 cm³/mol. The number of aromatic amines is 1. The van der Waals surface area contributed by atoms with Gasteiger partial charge in [-0.1, -0.05) is 0 Å². The molecule has 1 aliphatic rings.